The molecule has 1 aliphatic heterocycles. The predicted molar refractivity (Wildman–Crippen MR) is 148 cm³/mol. The van der Waals surface area contributed by atoms with Crippen LogP contribution in [0.2, 0.25) is 0 Å². The van der Waals surface area contributed by atoms with Gasteiger partial charge in [0.2, 0.25) is 11.9 Å². The number of carboxylic acid groups (broad SMARTS) is 1. The summed E-state index contributed by atoms with van der Waals surface area (Å²) in [6.07, 6.45) is 4.12. The van der Waals surface area contributed by atoms with Crippen molar-refractivity contribution < 1.29 is 32.7 Å². The Bertz CT molecular complexity index is 1930. The van der Waals surface area contributed by atoms with Crippen molar-refractivity contribution in [3.05, 3.63) is 114 Å². The zero-order valence-corrected chi connectivity index (χ0v) is 21.8. The van der Waals surface area contributed by atoms with Gasteiger partial charge >= 0.3 is 5.97 Å². The summed E-state index contributed by atoms with van der Waals surface area (Å²) < 4.78 is 44.0. The van der Waals surface area contributed by atoms with Crippen molar-refractivity contribution in [1.29, 1.82) is 0 Å². The van der Waals surface area contributed by atoms with Crippen molar-refractivity contribution in [2.24, 2.45) is 5.73 Å². The molecule has 2 amide bonds. The first-order chi connectivity index (χ1) is 20.6. The second-order valence-electron chi connectivity index (χ2n) is 9.74. The molecule has 0 saturated carbocycles. The quantitative estimate of drug-likeness (QED) is 0.123. The van der Waals surface area contributed by atoms with Gasteiger partial charge < -0.3 is 26.5 Å². The van der Waals surface area contributed by atoms with Crippen LogP contribution in [0.5, 0.6) is 0 Å². The maximum Gasteiger partial charge on any atom is 0.335 e. The Morgan fingerprint density at radius 1 is 0.907 bits per heavy atom. The highest BCUT2D eigenvalue weighted by Crippen LogP contribution is 2.51. The number of fused-ring (bicyclic) bond motifs is 2. The predicted octanol–water partition coefficient (Wildman–Crippen LogP) is 3.83. The summed E-state index contributed by atoms with van der Waals surface area (Å²) in [5.74, 6) is -9.32. The maximum atomic E-state index is 14.9. The lowest BCUT2D eigenvalue weighted by atomic mass is 9.66. The average Bonchev–Trinajstić information content (AvgIpc) is 3.63. The molecule has 0 spiro atoms. The summed E-state index contributed by atoms with van der Waals surface area (Å²) in [6.45, 7) is 0. The van der Waals surface area contributed by atoms with E-state index >= 15 is 0 Å². The number of carbonyl (C=O) groups excluding carboxylic acids is 2. The van der Waals surface area contributed by atoms with Gasteiger partial charge in [0.25, 0.3) is 5.91 Å². The highest BCUT2D eigenvalue weighted by Gasteiger charge is 2.67. The van der Waals surface area contributed by atoms with Gasteiger partial charge in [-0.25, -0.2) is 22.9 Å². The van der Waals surface area contributed by atoms with Gasteiger partial charge in [-0.1, -0.05) is 24.3 Å². The number of nitrogens with zero attached hydrogens (tertiary/aromatic N) is 2. The molecule has 216 valence electrons. The molecule has 6 rings (SSSR count). The number of carboxylic acids is 1. The molecule has 2 unspecified atom stereocenters. The van der Waals surface area contributed by atoms with E-state index in [1.165, 1.54) is 42.9 Å². The van der Waals surface area contributed by atoms with Crippen LogP contribution >= 0.6 is 0 Å². The number of aromatic amines is 1. The fourth-order valence-electron chi connectivity index (χ4n) is 5.39. The Labute approximate surface area is 240 Å². The second kappa shape index (κ2) is 9.87. The highest BCUT2D eigenvalue weighted by molar-refractivity contribution is 6.18. The van der Waals surface area contributed by atoms with E-state index in [1.807, 2.05) is 0 Å². The smallest absolute Gasteiger partial charge is 0.335 e. The third-order valence-electron chi connectivity index (χ3n) is 7.35. The zero-order valence-electron chi connectivity index (χ0n) is 21.8. The Balaban J connectivity index is 1.71. The molecule has 43 heavy (non-hydrogen) atoms. The molecule has 3 aromatic carbocycles. The Morgan fingerprint density at radius 2 is 1.60 bits per heavy atom. The number of aromatic nitrogens is 3. The minimum atomic E-state index is -2.85. The number of hydrogen-bond donors (Lipinski definition) is 6. The molecule has 1 aliphatic rings. The fourth-order valence-corrected chi connectivity index (χ4v) is 5.39. The maximum absolute atomic E-state index is 14.9. The molecule has 3 heterocycles. The normalized spacial score (nSPS) is 16.9. The number of nitrogens with two attached hydrogens (primary N) is 1. The van der Waals surface area contributed by atoms with Crippen molar-refractivity contribution >= 4 is 45.9 Å². The largest absolute Gasteiger partial charge is 0.478 e. The molecule has 0 radical (unpaired) electrons. The van der Waals surface area contributed by atoms with Crippen LogP contribution in [0.4, 0.5) is 30.5 Å². The van der Waals surface area contributed by atoms with Gasteiger partial charge in [0, 0.05) is 24.0 Å². The van der Waals surface area contributed by atoms with Crippen molar-refractivity contribution in [3.8, 4) is 0 Å². The van der Waals surface area contributed by atoms with E-state index in [-0.39, 0.29) is 28.6 Å². The number of benzene rings is 3. The summed E-state index contributed by atoms with van der Waals surface area (Å²) in [5, 5.41) is 19.3. The standard InChI is InChI=1S/C29H20F3N7O4/c30-18-11-17(12-19(31)23(18)32)28(25(33)42,26(43)37-27-34-7-8-35-27)29(22-10-14-3-1-2-4-16(14)13-36-22)38-20-6-5-15(24(40)41)9-21(20)39-29/h1-13,38-39H,(H2,33,42)(H,40,41)(H2,34,35,37,43). The van der Waals surface area contributed by atoms with Crippen LogP contribution < -0.4 is 21.7 Å². The molecular weight excluding hydrogens is 567 g/mol. The number of anilines is 3. The number of hydrogen-bond acceptors (Lipinski definition) is 7. The van der Waals surface area contributed by atoms with Crippen molar-refractivity contribution in [2.75, 3.05) is 16.0 Å². The van der Waals surface area contributed by atoms with E-state index in [0.717, 1.165) is 0 Å². The van der Waals surface area contributed by atoms with Crippen molar-refractivity contribution in [1.82, 2.24) is 15.0 Å². The van der Waals surface area contributed by atoms with Gasteiger partial charge in [0.15, 0.2) is 28.5 Å². The number of nitrogens with one attached hydrogen (secondary N) is 4. The second-order valence-corrected chi connectivity index (χ2v) is 9.74. The van der Waals surface area contributed by atoms with Gasteiger partial charge in [-0.05, 0) is 47.3 Å². The Hall–Kier alpha value is -5.92. The number of aromatic carboxylic acids is 1. The molecular formula is C29H20F3N7O4. The number of amides is 2. The molecule has 0 aliphatic carbocycles. The summed E-state index contributed by atoms with van der Waals surface area (Å²) in [5.41, 5.74) is 0.288. The van der Waals surface area contributed by atoms with Gasteiger partial charge in [0.1, 0.15) is 0 Å². The fraction of sp³-hybridized carbons (Fsp3) is 0.0690. The van der Waals surface area contributed by atoms with Crippen LogP contribution in [0.25, 0.3) is 10.8 Å². The summed E-state index contributed by atoms with van der Waals surface area (Å²) in [7, 11) is 0. The van der Waals surface area contributed by atoms with Crippen LogP contribution in [-0.4, -0.2) is 37.8 Å². The molecule has 2 atom stereocenters. The monoisotopic (exact) mass is 587 g/mol. The van der Waals surface area contributed by atoms with Crippen molar-refractivity contribution in [3.63, 3.8) is 0 Å². The van der Waals surface area contributed by atoms with Crippen LogP contribution in [0, 0.1) is 17.5 Å². The SMILES string of the molecule is NC(=O)C(C(=O)Nc1ncc[nH]1)(c1cc(F)c(F)c(F)c1)C1(c2cc3ccccc3cn2)Nc2ccc(C(=O)O)cc2N1. The minimum absolute atomic E-state index is 0.0576. The lowest BCUT2D eigenvalue weighted by Gasteiger charge is -2.45. The Morgan fingerprint density at radius 3 is 2.26 bits per heavy atom. The minimum Gasteiger partial charge on any atom is -0.478 e. The molecule has 11 nitrogen and oxygen atoms in total. The summed E-state index contributed by atoms with van der Waals surface area (Å²) in [4.78, 5) is 51.1. The summed E-state index contributed by atoms with van der Waals surface area (Å²) in [6, 6.07) is 13.4. The first-order valence-electron chi connectivity index (χ1n) is 12.6. The van der Waals surface area contributed by atoms with Gasteiger partial charge in [-0.3, -0.25) is 19.9 Å². The Kier molecular flexibility index (Phi) is 6.26. The highest BCUT2D eigenvalue weighted by atomic mass is 19.2. The number of primary amides is 1. The third kappa shape index (κ3) is 4.10. The molecule has 2 aromatic heterocycles. The van der Waals surface area contributed by atoms with E-state index < -0.39 is 51.9 Å². The van der Waals surface area contributed by atoms with Gasteiger partial charge in [0.05, 0.1) is 22.6 Å². The first-order valence-corrected chi connectivity index (χ1v) is 12.6. The average molecular weight is 588 g/mol. The lowest BCUT2D eigenvalue weighted by Crippen LogP contribution is -2.68. The lowest BCUT2D eigenvalue weighted by molar-refractivity contribution is -0.135. The number of pyridine rings is 1. The number of imidazole rings is 1. The molecule has 0 bridgehead atoms. The van der Waals surface area contributed by atoms with Crippen molar-refractivity contribution in [2.45, 2.75) is 11.1 Å². The van der Waals surface area contributed by atoms with Crippen LogP contribution in [0.3, 0.4) is 0 Å². The van der Waals surface area contributed by atoms with E-state index in [9.17, 15) is 32.7 Å². The van der Waals surface area contributed by atoms with E-state index in [4.69, 9.17) is 5.73 Å². The molecule has 14 heteroatoms. The van der Waals surface area contributed by atoms with E-state index in [1.54, 1.807) is 24.3 Å². The summed E-state index contributed by atoms with van der Waals surface area (Å²) >= 11 is 0. The molecule has 5 aromatic rings. The first kappa shape index (κ1) is 27.3. The van der Waals surface area contributed by atoms with E-state index in [0.29, 0.717) is 22.9 Å². The van der Waals surface area contributed by atoms with Gasteiger partial charge in [-0.15, -0.1) is 0 Å². The van der Waals surface area contributed by atoms with Crippen LogP contribution in [0.15, 0.2) is 79.3 Å². The molecule has 0 fully saturated rings. The van der Waals surface area contributed by atoms with Gasteiger partial charge in [-0.2, -0.15) is 0 Å². The van der Waals surface area contributed by atoms with E-state index in [2.05, 4.69) is 30.9 Å². The third-order valence-corrected chi connectivity index (χ3v) is 7.35. The number of H-pyrrole nitrogens is 1. The zero-order chi connectivity index (χ0) is 30.5. The molecule has 0 saturated heterocycles. The van der Waals surface area contributed by atoms with Crippen LogP contribution in [-0.2, 0) is 20.7 Å². The van der Waals surface area contributed by atoms with Crippen LogP contribution in [0.1, 0.15) is 21.6 Å². The number of halogens is 3. The number of carbonyl (C=O) groups is 3. The number of rotatable bonds is 7. The topological polar surface area (TPSA) is 175 Å². The molecule has 7 N–H and O–H groups in total.